The first-order valence-electron chi connectivity index (χ1n) is 7.40. The highest BCUT2D eigenvalue weighted by molar-refractivity contribution is 7.85. The Morgan fingerprint density at radius 1 is 1.33 bits per heavy atom. The highest BCUT2D eigenvalue weighted by Crippen LogP contribution is 2.07. The minimum atomic E-state index is -3.89. The van der Waals surface area contributed by atoms with Crippen molar-refractivity contribution in [3.8, 4) is 0 Å². The predicted molar refractivity (Wildman–Crippen MR) is 93.6 cm³/mol. The summed E-state index contributed by atoms with van der Waals surface area (Å²) in [6.45, 7) is 4.62. The number of aromatic nitrogens is 2. The van der Waals surface area contributed by atoms with E-state index in [1.807, 2.05) is 47.6 Å². The summed E-state index contributed by atoms with van der Waals surface area (Å²) in [6.07, 6.45) is 5.71. The van der Waals surface area contributed by atoms with Gasteiger partial charge < -0.3 is 4.57 Å². The van der Waals surface area contributed by atoms with Gasteiger partial charge in [-0.05, 0) is 13.8 Å². The number of rotatable bonds is 6. The maximum Gasteiger partial charge on any atom is 0.265 e. The van der Waals surface area contributed by atoms with Crippen molar-refractivity contribution in [3.05, 3.63) is 45.5 Å². The molecule has 0 saturated carbocycles. The van der Waals surface area contributed by atoms with E-state index in [0.717, 1.165) is 10.4 Å². The van der Waals surface area contributed by atoms with Crippen molar-refractivity contribution < 1.29 is 17.5 Å². The van der Waals surface area contributed by atoms with Crippen molar-refractivity contribution in [2.75, 3.05) is 5.75 Å². The van der Waals surface area contributed by atoms with Crippen LogP contribution in [0.1, 0.15) is 22.6 Å². The van der Waals surface area contributed by atoms with Crippen molar-refractivity contribution in [2.45, 2.75) is 26.8 Å². The fraction of sp³-hybridized carbons (Fsp3) is 0.400. The van der Waals surface area contributed by atoms with Crippen LogP contribution in [0.15, 0.2) is 34.7 Å². The van der Waals surface area contributed by atoms with E-state index in [0.29, 0.717) is 13.0 Å². The summed E-state index contributed by atoms with van der Waals surface area (Å²) in [4.78, 5) is 2.06. The van der Waals surface area contributed by atoms with Gasteiger partial charge >= 0.3 is 0 Å². The molecule has 0 aromatic carbocycles. The predicted octanol–water partition coefficient (Wildman–Crippen LogP) is 1.20. The van der Waals surface area contributed by atoms with Gasteiger partial charge in [-0.25, -0.2) is 4.57 Å². The van der Waals surface area contributed by atoms with Gasteiger partial charge in [0.05, 0.1) is 12.0 Å². The molecule has 7 nitrogen and oxygen atoms in total. The number of nitrogens with zero attached hydrogens (tertiary/aromatic N) is 4. The second-order valence-corrected chi connectivity index (χ2v) is 8.19. The van der Waals surface area contributed by atoms with Crippen LogP contribution in [0, 0.1) is 13.8 Å². The molecule has 0 fully saturated rings. The molecule has 2 aromatic rings. The summed E-state index contributed by atoms with van der Waals surface area (Å²) in [6, 6.07) is 3.74. The second kappa shape index (κ2) is 7.82. The molecule has 0 radical (unpaired) electrons. The van der Waals surface area contributed by atoms with Gasteiger partial charge in [0.25, 0.3) is 10.1 Å². The van der Waals surface area contributed by atoms with Crippen molar-refractivity contribution in [2.24, 2.45) is 17.3 Å². The molecule has 24 heavy (non-hydrogen) atoms. The van der Waals surface area contributed by atoms with Crippen LogP contribution in [-0.4, -0.2) is 29.5 Å². The number of thiazole rings is 1. The Kier molecular flexibility index (Phi) is 6.03. The van der Waals surface area contributed by atoms with E-state index in [2.05, 4.69) is 17.1 Å². The molecule has 0 atom stereocenters. The Morgan fingerprint density at radius 3 is 2.54 bits per heavy atom. The van der Waals surface area contributed by atoms with Gasteiger partial charge in [0.2, 0.25) is 4.80 Å². The third-order valence-electron chi connectivity index (χ3n) is 3.63. The van der Waals surface area contributed by atoms with E-state index >= 15 is 0 Å². The molecular formula is C15H21N4O3S2+. The molecule has 2 rings (SSSR count). The Morgan fingerprint density at radius 2 is 2.00 bits per heavy atom. The molecule has 0 saturated heterocycles. The summed E-state index contributed by atoms with van der Waals surface area (Å²) in [7, 11) is -1.93. The van der Waals surface area contributed by atoms with Gasteiger partial charge in [-0.1, -0.05) is 0 Å². The van der Waals surface area contributed by atoms with E-state index in [1.165, 1.54) is 10.6 Å². The van der Waals surface area contributed by atoms with Crippen LogP contribution in [0.4, 0.5) is 0 Å². The zero-order valence-electron chi connectivity index (χ0n) is 13.9. The van der Waals surface area contributed by atoms with E-state index in [1.54, 1.807) is 17.6 Å². The van der Waals surface area contributed by atoms with Gasteiger partial charge in [0.15, 0.2) is 12.4 Å². The Balaban J connectivity index is 1.99. The first-order valence-corrected chi connectivity index (χ1v) is 9.83. The molecule has 0 amide bonds. The Hall–Kier alpha value is -1.84. The fourth-order valence-electron chi connectivity index (χ4n) is 2.02. The number of hydrogen-bond donors (Lipinski definition) is 1. The zero-order valence-corrected chi connectivity index (χ0v) is 15.5. The first-order chi connectivity index (χ1) is 11.3. The van der Waals surface area contributed by atoms with Gasteiger partial charge in [-0.15, -0.1) is 16.4 Å². The van der Waals surface area contributed by atoms with Gasteiger partial charge in [0, 0.05) is 41.7 Å². The van der Waals surface area contributed by atoms with Gasteiger partial charge in [-0.2, -0.15) is 13.5 Å². The van der Waals surface area contributed by atoms with E-state index in [4.69, 9.17) is 4.55 Å². The lowest BCUT2D eigenvalue weighted by Crippen LogP contribution is -2.33. The largest absolute Gasteiger partial charge is 0.322 e. The second-order valence-electron chi connectivity index (χ2n) is 5.44. The topological polar surface area (TPSA) is 87.9 Å². The normalized spacial score (nSPS) is 13.1. The third-order valence-corrected chi connectivity index (χ3v) is 5.57. The fourth-order valence-corrected chi connectivity index (χ4v) is 3.44. The highest BCUT2D eigenvalue weighted by Gasteiger charge is 2.07. The zero-order chi connectivity index (χ0) is 17.7. The molecule has 130 valence electrons. The number of hydrogen-bond acceptors (Lipinski definition) is 5. The van der Waals surface area contributed by atoms with Gasteiger partial charge in [-0.3, -0.25) is 4.55 Å². The summed E-state index contributed by atoms with van der Waals surface area (Å²) in [5, 5.41) is 8.35. The van der Waals surface area contributed by atoms with Crippen LogP contribution in [0.25, 0.3) is 0 Å². The van der Waals surface area contributed by atoms with E-state index in [-0.39, 0.29) is 5.75 Å². The SMILES string of the molecule is Cc1sc(=NN=Cc2cc[n+](CCCS(=O)(=O)O)cc2)n(C)c1C. The Labute approximate surface area is 145 Å². The molecule has 9 heteroatoms. The average Bonchev–Trinajstić information content (AvgIpc) is 2.75. The van der Waals surface area contributed by atoms with Crippen molar-refractivity contribution in [1.82, 2.24) is 4.57 Å². The van der Waals surface area contributed by atoms with Crippen molar-refractivity contribution in [3.63, 3.8) is 0 Å². The van der Waals surface area contributed by atoms with Crippen LogP contribution in [-0.2, 0) is 23.7 Å². The Bertz CT molecular complexity index is 894. The monoisotopic (exact) mass is 369 g/mol. The summed E-state index contributed by atoms with van der Waals surface area (Å²) < 4.78 is 33.9. The van der Waals surface area contributed by atoms with Crippen molar-refractivity contribution in [1.29, 1.82) is 0 Å². The molecule has 0 aliphatic rings. The molecule has 0 aliphatic carbocycles. The molecule has 2 aromatic heterocycles. The summed E-state index contributed by atoms with van der Waals surface area (Å²) in [5.41, 5.74) is 2.08. The van der Waals surface area contributed by atoms with E-state index in [9.17, 15) is 8.42 Å². The number of pyridine rings is 1. The van der Waals surface area contributed by atoms with Crippen LogP contribution in [0.2, 0.25) is 0 Å². The molecule has 0 spiro atoms. The molecule has 0 aliphatic heterocycles. The minimum absolute atomic E-state index is 0.237. The van der Waals surface area contributed by atoms with Crippen LogP contribution < -0.4 is 9.37 Å². The quantitative estimate of drug-likeness (QED) is 0.359. The minimum Gasteiger partial charge on any atom is -0.322 e. The lowest BCUT2D eigenvalue weighted by Gasteiger charge is -1.96. The van der Waals surface area contributed by atoms with Crippen LogP contribution in [0.3, 0.4) is 0 Å². The summed E-state index contributed by atoms with van der Waals surface area (Å²) in [5.74, 6) is -0.237. The van der Waals surface area contributed by atoms with Crippen LogP contribution >= 0.6 is 11.3 Å². The first kappa shape index (κ1) is 18.5. The smallest absolute Gasteiger partial charge is 0.265 e. The lowest BCUT2D eigenvalue weighted by molar-refractivity contribution is -0.696. The summed E-state index contributed by atoms with van der Waals surface area (Å²) >= 11 is 1.60. The molecule has 0 unspecified atom stereocenters. The molecular weight excluding hydrogens is 348 g/mol. The standard InChI is InChI=1S/C15H20N4O3S2/c1-12-13(2)23-15(18(12)3)17-16-11-14-5-8-19(9-6-14)7-4-10-24(20,21)22/h5-6,8-9,11H,4,7,10H2,1-3H3/p+1. The average molecular weight is 369 g/mol. The van der Waals surface area contributed by atoms with Crippen molar-refractivity contribution >= 4 is 27.7 Å². The maximum absolute atomic E-state index is 10.7. The highest BCUT2D eigenvalue weighted by atomic mass is 32.2. The molecule has 2 heterocycles. The lowest BCUT2D eigenvalue weighted by atomic mass is 10.3. The van der Waals surface area contributed by atoms with E-state index < -0.39 is 10.1 Å². The number of aryl methyl sites for hydroxylation is 2. The van der Waals surface area contributed by atoms with Crippen LogP contribution in [0.5, 0.6) is 0 Å². The van der Waals surface area contributed by atoms with Gasteiger partial charge in [0.1, 0.15) is 6.54 Å². The molecule has 1 N–H and O–H groups in total. The molecule has 0 bridgehead atoms. The third kappa shape index (κ3) is 5.36. The maximum atomic E-state index is 10.7.